The Morgan fingerprint density at radius 2 is 1.37 bits per heavy atom. The lowest BCUT2D eigenvalue weighted by atomic mass is 10.0. The van der Waals surface area contributed by atoms with Gasteiger partial charge in [-0.05, 0) is 67.5 Å². The van der Waals surface area contributed by atoms with Crippen LogP contribution in [0.5, 0.6) is 0 Å². The predicted octanol–water partition coefficient (Wildman–Crippen LogP) is 2.13. The molecule has 286 valence electrons. The predicted molar refractivity (Wildman–Crippen MR) is 209 cm³/mol. The average Bonchev–Trinajstić information content (AvgIpc) is 3.55. The van der Waals surface area contributed by atoms with Gasteiger partial charge in [0.05, 0.1) is 0 Å². The number of aliphatic imine (C=N–C) groups is 1. The molecule has 0 radical (unpaired) electrons. The number of carbonyl (C=O) groups excluding carboxylic acids is 5. The van der Waals surface area contributed by atoms with Crippen LogP contribution in [0.3, 0.4) is 0 Å². The number of halogens is 1. The molecule has 0 aliphatic rings. The largest absolute Gasteiger partial charge is 0.370 e. The number of rotatable bonds is 20. The van der Waals surface area contributed by atoms with Crippen molar-refractivity contribution < 1.29 is 24.0 Å². The number of amides is 5. The van der Waals surface area contributed by atoms with Gasteiger partial charge in [0.2, 0.25) is 29.5 Å². The fourth-order valence-corrected chi connectivity index (χ4v) is 6.03. The first-order valence-electron chi connectivity index (χ1n) is 17.8. The summed E-state index contributed by atoms with van der Waals surface area (Å²) in [7, 11) is 0. The van der Waals surface area contributed by atoms with E-state index in [1.807, 2.05) is 54.6 Å². The summed E-state index contributed by atoms with van der Waals surface area (Å²) in [5, 5.41) is 12.2. The SMILES string of the molecule is C[C@H](NC(=O)CCCc1ccccc1)C(=O)N[C@H](Cc1ccc(Cl)cc1)C(=O)N[C@@H](CCCN=C(N)N)C(=O)N[C@@H](Cc1c[nH]c2ccccc12)C(N)=O. The van der Waals surface area contributed by atoms with Crippen LogP contribution in [0.4, 0.5) is 0 Å². The molecule has 1 aromatic heterocycles. The fourth-order valence-electron chi connectivity index (χ4n) is 5.90. The number of aromatic nitrogens is 1. The second-order valence-corrected chi connectivity index (χ2v) is 13.5. The van der Waals surface area contributed by atoms with Crippen LogP contribution in [0.1, 0.15) is 49.3 Å². The van der Waals surface area contributed by atoms with Crippen LogP contribution in [-0.4, -0.2) is 71.2 Å². The number of aromatic amines is 1. The number of nitrogens with two attached hydrogens (primary N) is 3. The smallest absolute Gasteiger partial charge is 0.243 e. The highest BCUT2D eigenvalue weighted by atomic mass is 35.5. The summed E-state index contributed by atoms with van der Waals surface area (Å²) in [6, 6.07) is 19.6. The third-order valence-electron chi connectivity index (χ3n) is 8.81. The number of fused-ring (bicyclic) bond motifs is 1. The van der Waals surface area contributed by atoms with Crippen LogP contribution in [0.2, 0.25) is 5.02 Å². The lowest BCUT2D eigenvalue weighted by Crippen LogP contribution is -2.58. The number of hydrogen-bond donors (Lipinski definition) is 8. The minimum Gasteiger partial charge on any atom is -0.370 e. The van der Waals surface area contributed by atoms with Crippen LogP contribution in [0.15, 0.2) is 90.1 Å². The molecule has 0 fully saturated rings. The molecule has 14 nitrogen and oxygen atoms in total. The highest BCUT2D eigenvalue weighted by molar-refractivity contribution is 6.30. The van der Waals surface area contributed by atoms with Crippen molar-refractivity contribution in [2.24, 2.45) is 22.2 Å². The molecule has 4 aromatic rings. The number of nitrogens with zero attached hydrogens (tertiary/aromatic N) is 1. The zero-order valence-corrected chi connectivity index (χ0v) is 30.9. The maximum absolute atomic E-state index is 14.0. The average molecular weight is 758 g/mol. The molecule has 0 spiro atoms. The zero-order chi connectivity index (χ0) is 39.0. The van der Waals surface area contributed by atoms with Crippen molar-refractivity contribution in [3.63, 3.8) is 0 Å². The van der Waals surface area contributed by atoms with Crippen LogP contribution >= 0.6 is 11.6 Å². The van der Waals surface area contributed by atoms with E-state index in [1.54, 1.807) is 30.5 Å². The van der Waals surface area contributed by atoms with Crippen molar-refractivity contribution in [3.05, 3.63) is 107 Å². The molecule has 5 amide bonds. The third kappa shape index (κ3) is 13.0. The number of hydrogen-bond acceptors (Lipinski definition) is 6. The number of aryl methyl sites for hydroxylation is 1. The Labute approximate surface area is 319 Å². The van der Waals surface area contributed by atoms with Crippen molar-refractivity contribution in [3.8, 4) is 0 Å². The maximum atomic E-state index is 14.0. The van der Waals surface area contributed by atoms with Crippen LogP contribution in [-0.2, 0) is 43.2 Å². The van der Waals surface area contributed by atoms with Gasteiger partial charge in [-0.1, -0.05) is 72.3 Å². The normalized spacial score (nSPS) is 13.1. The van der Waals surface area contributed by atoms with Crippen molar-refractivity contribution in [2.45, 2.75) is 76.0 Å². The van der Waals surface area contributed by atoms with E-state index in [2.05, 4.69) is 31.2 Å². The lowest BCUT2D eigenvalue weighted by molar-refractivity contribution is -0.134. The number of para-hydroxylation sites is 1. The summed E-state index contributed by atoms with van der Waals surface area (Å²) in [5.74, 6) is -3.12. The van der Waals surface area contributed by atoms with E-state index in [1.165, 1.54) is 6.92 Å². The van der Waals surface area contributed by atoms with Crippen LogP contribution in [0, 0.1) is 0 Å². The molecular formula is C39H48ClN9O5. The van der Waals surface area contributed by atoms with Gasteiger partial charge in [0.1, 0.15) is 24.2 Å². The molecule has 11 N–H and O–H groups in total. The Bertz CT molecular complexity index is 1910. The van der Waals surface area contributed by atoms with Crippen molar-refractivity contribution in [2.75, 3.05) is 6.54 Å². The number of carbonyl (C=O) groups is 5. The minimum absolute atomic E-state index is 0.0410. The summed E-state index contributed by atoms with van der Waals surface area (Å²) in [4.78, 5) is 73.5. The van der Waals surface area contributed by atoms with Crippen LogP contribution in [0.25, 0.3) is 10.9 Å². The van der Waals surface area contributed by atoms with E-state index < -0.39 is 47.8 Å². The number of primary amides is 1. The first kappa shape index (κ1) is 40.9. The molecular weight excluding hydrogens is 710 g/mol. The minimum atomic E-state index is -1.16. The molecule has 3 aromatic carbocycles. The summed E-state index contributed by atoms with van der Waals surface area (Å²) >= 11 is 6.08. The van der Waals surface area contributed by atoms with Gasteiger partial charge in [-0.2, -0.15) is 0 Å². The second kappa shape index (κ2) is 20.4. The summed E-state index contributed by atoms with van der Waals surface area (Å²) in [5.41, 5.74) is 20.1. The Kier molecular flexibility index (Phi) is 15.4. The Morgan fingerprint density at radius 1 is 0.722 bits per heavy atom. The highest BCUT2D eigenvalue weighted by Gasteiger charge is 2.30. The van der Waals surface area contributed by atoms with E-state index in [9.17, 15) is 24.0 Å². The number of H-pyrrole nitrogens is 1. The number of nitrogens with one attached hydrogen (secondary N) is 5. The Morgan fingerprint density at radius 3 is 2.07 bits per heavy atom. The summed E-state index contributed by atoms with van der Waals surface area (Å²) in [6.07, 6.45) is 3.79. The van der Waals surface area contributed by atoms with Crippen molar-refractivity contribution >= 4 is 58.0 Å². The van der Waals surface area contributed by atoms with Gasteiger partial charge in [0.15, 0.2) is 5.96 Å². The van der Waals surface area contributed by atoms with Gasteiger partial charge in [-0.25, -0.2) is 0 Å². The van der Waals surface area contributed by atoms with Gasteiger partial charge in [0, 0.05) is 47.9 Å². The monoisotopic (exact) mass is 757 g/mol. The van der Waals surface area contributed by atoms with Gasteiger partial charge < -0.3 is 43.5 Å². The molecule has 54 heavy (non-hydrogen) atoms. The molecule has 0 unspecified atom stereocenters. The molecule has 0 aliphatic heterocycles. The summed E-state index contributed by atoms with van der Waals surface area (Å²) in [6.45, 7) is 1.70. The molecule has 0 saturated heterocycles. The molecule has 0 saturated carbocycles. The van der Waals surface area contributed by atoms with E-state index in [4.69, 9.17) is 28.8 Å². The lowest BCUT2D eigenvalue weighted by Gasteiger charge is -2.26. The molecule has 1 heterocycles. The van der Waals surface area contributed by atoms with E-state index in [0.29, 0.717) is 29.8 Å². The van der Waals surface area contributed by atoms with Crippen molar-refractivity contribution in [1.82, 2.24) is 26.3 Å². The highest BCUT2D eigenvalue weighted by Crippen LogP contribution is 2.19. The first-order valence-corrected chi connectivity index (χ1v) is 18.2. The molecule has 0 bridgehead atoms. The first-order chi connectivity index (χ1) is 25.9. The maximum Gasteiger partial charge on any atom is 0.243 e. The number of benzene rings is 3. The van der Waals surface area contributed by atoms with Gasteiger partial charge >= 0.3 is 0 Å². The van der Waals surface area contributed by atoms with E-state index in [0.717, 1.165) is 22.0 Å². The zero-order valence-electron chi connectivity index (χ0n) is 30.1. The van der Waals surface area contributed by atoms with Gasteiger partial charge in [0.25, 0.3) is 0 Å². The van der Waals surface area contributed by atoms with E-state index >= 15 is 0 Å². The van der Waals surface area contributed by atoms with Crippen LogP contribution < -0.4 is 38.5 Å². The number of guanidine groups is 1. The fraction of sp³-hybridized carbons (Fsp3) is 0.333. The van der Waals surface area contributed by atoms with E-state index in [-0.39, 0.29) is 44.1 Å². The Hall–Kier alpha value is -5.89. The molecule has 4 rings (SSSR count). The van der Waals surface area contributed by atoms with Gasteiger partial charge in [-0.3, -0.25) is 29.0 Å². The summed E-state index contributed by atoms with van der Waals surface area (Å²) < 4.78 is 0. The molecule has 0 aliphatic carbocycles. The molecule has 15 heteroatoms. The Balaban J connectivity index is 1.47. The standard InChI is InChI=1S/C39H48ClN9O5/c1-24(46-34(50)15-7-11-25-9-3-2-4-10-25)36(52)49-33(21-26-16-18-28(40)19-17-26)38(54)47-31(14-8-20-44-39(42)43)37(53)48-32(35(41)51)22-27-23-45-30-13-6-5-12-29(27)30/h2-6,9-10,12-13,16-19,23-24,31-33,45H,7-8,11,14-15,20-22H2,1H3,(H2,41,51)(H,46,50)(H,47,54)(H,48,53)(H,49,52)(H4,42,43,44)/t24-,31-,32-,33+/m0/s1. The van der Waals surface area contributed by atoms with Gasteiger partial charge in [-0.15, -0.1) is 0 Å². The third-order valence-corrected chi connectivity index (χ3v) is 9.06. The second-order valence-electron chi connectivity index (χ2n) is 13.1. The van der Waals surface area contributed by atoms with Crippen molar-refractivity contribution in [1.29, 1.82) is 0 Å². The topological polar surface area (TPSA) is 240 Å². The molecule has 4 atom stereocenters. The quantitative estimate of drug-likeness (QED) is 0.0379.